The summed E-state index contributed by atoms with van der Waals surface area (Å²) < 4.78 is 1.97. The molecule has 0 atom stereocenters. The molecule has 1 aromatic heterocycles. The van der Waals surface area contributed by atoms with Crippen LogP contribution in [0.15, 0.2) is 41.6 Å². The second-order valence-electron chi connectivity index (χ2n) is 6.96. The molecule has 3 aromatic rings. The molecule has 33 heavy (non-hydrogen) atoms. The number of thioether (sulfide) groups is 2. The van der Waals surface area contributed by atoms with Crippen LogP contribution in [0.3, 0.4) is 0 Å². The Morgan fingerprint density at radius 2 is 1.97 bits per heavy atom. The highest BCUT2D eigenvalue weighted by atomic mass is 35.5. The number of carbonyl (C=O) groups excluding carboxylic acids is 1. The van der Waals surface area contributed by atoms with Crippen LogP contribution in [0, 0.1) is 17.0 Å². The molecule has 0 bridgehead atoms. The van der Waals surface area contributed by atoms with E-state index in [1.807, 2.05) is 23.6 Å². The molecule has 1 N–H and O–H groups in total. The van der Waals surface area contributed by atoms with Crippen molar-refractivity contribution in [1.29, 1.82) is 0 Å². The molecule has 2 aromatic carbocycles. The molecule has 0 aliphatic carbocycles. The standard InChI is InChI=1S/C21H21Cl2N5O3S2/c1-3-27-19(11-32-10-14-5-6-15(22)8-17(14)23)25-26-21(27)33-12-20(29)24-18-9-16(28(30)31)7-4-13(18)2/h4-9H,3,10-12H2,1-2H3,(H,24,29). The maximum atomic E-state index is 12.4. The van der Waals surface area contributed by atoms with Gasteiger partial charge in [-0.15, -0.1) is 22.0 Å². The van der Waals surface area contributed by atoms with Crippen LogP contribution in [0.4, 0.5) is 11.4 Å². The first-order chi connectivity index (χ1) is 15.8. The third kappa shape index (κ3) is 6.86. The molecule has 0 aliphatic heterocycles. The molecule has 12 heteroatoms. The monoisotopic (exact) mass is 525 g/mol. The van der Waals surface area contributed by atoms with Crippen molar-refractivity contribution in [3.05, 3.63) is 73.5 Å². The predicted octanol–water partition coefficient (Wildman–Crippen LogP) is 5.99. The van der Waals surface area contributed by atoms with Crippen LogP contribution < -0.4 is 5.32 Å². The van der Waals surface area contributed by atoms with E-state index in [2.05, 4.69) is 15.5 Å². The minimum Gasteiger partial charge on any atom is -0.325 e. The number of nitro benzene ring substituents is 1. The van der Waals surface area contributed by atoms with E-state index in [0.717, 1.165) is 17.0 Å². The lowest BCUT2D eigenvalue weighted by Gasteiger charge is -2.09. The van der Waals surface area contributed by atoms with Crippen LogP contribution in [0.25, 0.3) is 0 Å². The zero-order chi connectivity index (χ0) is 24.0. The van der Waals surface area contributed by atoms with Gasteiger partial charge in [-0.05, 0) is 37.1 Å². The largest absolute Gasteiger partial charge is 0.325 e. The maximum absolute atomic E-state index is 12.4. The molecule has 3 rings (SSSR count). The van der Waals surface area contributed by atoms with E-state index in [9.17, 15) is 14.9 Å². The molecule has 0 fully saturated rings. The lowest BCUT2D eigenvalue weighted by atomic mass is 10.2. The minimum absolute atomic E-state index is 0.0729. The van der Waals surface area contributed by atoms with Crippen molar-refractivity contribution in [2.24, 2.45) is 0 Å². The van der Waals surface area contributed by atoms with Crippen molar-refractivity contribution < 1.29 is 9.72 Å². The summed E-state index contributed by atoms with van der Waals surface area (Å²) in [7, 11) is 0. The average molecular weight is 526 g/mol. The Morgan fingerprint density at radius 1 is 1.18 bits per heavy atom. The van der Waals surface area contributed by atoms with E-state index in [-0.39, 0.29) is 17.3 Å². The van der Waals surface area contributed by atoms with Crippen LogP contribution in [0.2, 0.25) is 10.0 Å². The lowest BCUT2D eigenvalue weighted by Crippen LogP contribution is -2.15. The molecule has 0 unspecified atom stereocenters. The molecular weight excluding hydrogens is 505 g/mol. The number of anilines is 1. The minimum atomic E-state index is -0.492. The van der Waals surface area contributed by atoms with Crippen LogP contribution >= 0.6 is 46.7 Å². The number of carbonyl (C=O) groups is 1. The second kappa shape index (κ2) is 11.7. The van der Waals surface area contributed by atoms with E-state index in [0.29, 0.717) is 38.9 Å². The molecule has 0 spiro atoms. The number of hydrogen-bond donors (Lipinski definition) is 1. The smallest absolute Gasteiger partial charge is 0.271 e. The van der Waals surface area contributed by atoms with Crippen molar-refractivity contribution in [3.63, 3.8) is 0 Å². The van der Waals surface area contributed by atoms with Crippen LogP contribution in [0.1, 0.15) is 23.9 Å². The van der Waals surface area contributed by atoms with Crippen LogP contribution in [-0.2, 0) is 22.8 Å². The average Bonchev–Trinajstić information content (AvgIpc) is 3.17. The van der Waals surface area contributed by atoms with Crippen molar-refractivity contribution in [1.82, 2.24) is 14.8 Å². The fourth-order valence-electron chi connectivity index (χ4n) is 2.92. The highest BCUT2D eigenvalue weighted by Crippen LogP contribution is 2.27. The first kappa shape index (κ1) is 25.4. The number of halogens is 2. The molecular formula is C21H21Cl2N5O3S2. The number of aromatic nitrogens is 3. The van der Waals surface area contributed by atoms with Crippen molar-refractivity contribution >= 4 is 64.0 Å². The summed E-state index contributed by atoms with van der Waals surface area (Å²) in [5.41, 5.74) is 2.09. The van der Waals surface area contributed by atoms with Gasteiger partial charge in [0.1, 0.15) is 5.82 Å². The number of nitro groups is 1. The summed E-state index contributed by atoms with van der Waals surface area (Å²) in [5.74, 6) is 1.99. The highest BCUT2D eigenvalue weighted by molar-refractivity contribution is 7.99. The molecule has 0 aliphatic rings. The summed E-state index contributed by atoms with van der Waals surface area (Å²) in [4.78, 5) is 22.9. The zero-order valence-electron chi connectivity index (χ0n) is 17.9. The van der Waals surface area contributed by atoms with Crippen LogP contribution in [0.5, 0.6) is 0 Å². The van der Waals surface area contributed by atoms with E-state index in [1.54, 1.807) is 30.8 Å². The van der Waals surface area contributed by atoms with Gasteiger partial charge < -0.3 is 9.88 Å². The lowest BCUT2D eigenvalue weighted by molar-refractivity contribution is -0.384. The van der Waals surface area contributed by atoms with Gasteiger partial charge in [0.2, 0.25) is 5.91 Å². The Balaban J connectivity index is 1.57. The van der Waals surface area contributed by atoms with Gasteiger partial charge in [-0.1, -0.05) is 47.1 Å². The van der Waals surface area contributed by atoms with Gasteiger partial charge in [-0.3, -0.25) is 14.9 Å². The summed E-state index contributed by atoms with van der Waals surface area (Å²) in [6.07, 6.45) is 0. The Labute approximate surface area is 209 Å². The first-order valence-electron chi connectivity index (χ1n) is 9.90. The number of non-ortho nitro benzene ring substituents is 1. The fraction of sp³-hybridized carbons (Fsp3) is 0.286. The number of rotatable bonds is 10. The number of hydrogen-bond acceptors (Lipinski definition) is 7. The zero-order valence-corrected chi connectivity index (χ0v) is 21.0. The molecule has 8 nitrogen and oxygen atoms in total. The highest BCUT2D eigenvalue weighted by Gasteiger charge is 2.15. The summed E-state index contributed by atoms with van der Waals surface area (Å²) >= 11 is 15.1. The van der Waals surface area contributed by atoms with Gasteiger partial charge in [0.15, 0.2) is 5.16 Å². The third-order valence-corrected chi connectivity index (χ3v) is 7.18. The number of benzene rings is 2. The summed E-state index contributed by atoms with van der Waals surface area (Å²) in [5, 5.41) is 24.1. The van der Waals surface area contributed by atoms with E-state index in [1.165, 1.54) is 23.9 Å². The molecule has 0 saturated heterocycles. The maximum Gasteiger partial charge on any atom is 0.271 e. The second-order valence-corrected chi connectivity index (χ2v) is 9.74. The number of aryl methyl sites for hydroxylation is 1. The van der Waals surface area contributed by atoms with Crippen LogP contribution in [-0.4, -0.2) is 31.3 Å². The normalized spacial score (nSPS) is 10.9. The van der Waals surface area contributed by atoms with Gasteiger partial charge in [-0.2, -0.15) is 0 Å². The topological polar surface area (TPSA) is 103 Å². The van der Waals surface area contributed by atoms with Gasteiger partial charge in [0, 0.05) is 34.5 Å². The predicted molar refractivity (Wildman–Crippen MR) is 134 cm³/mol. The summed E-state index contributed by atoms with van der Waals surface area (Å²) in [6.45, 7) is 4.43. The van der Waals surface area contributed by atoms with Gasteiger partial charge in [0.25, 0.3) is 5.69 Å². The summed E-state index contributed by atoms with van der Waals surface area (Å²) in [6, 6.07) is 9.81. The number of amides is 1. The van der Waals surface area contributed by atoms with Gasteiger partial charge in [-0.25, -0.2) is 0 Å². The van der Waals surface area contributed by atoms with Crippen molar-refractivity contribution in [2.75, 3.05) is 11.1 Å². The van der Waals surface area contributed by atoms with E-state index >= 15 is 0 Å². The van der Waals surface area contributed by atoms with E-state index in [4.69, 9.17) is 23.2 Å². The van der Waals surface area contributed by atoms with Gasteiger partial charge in [0.05, 0.1) is 22.1 Å². The van der Waals surface area contributed by atoms with Gasteiger partial charge >= 0.3 is 0 Å². The number of nitrogens with zero attached hydrogens (tertiary/aromatic N) is 4. The number of nitrogens with one attached hydrogen (secondary N) is 1. The Hall–Kier alpha value is -2.27. The molecule has 174 valence electrons. The quantitative estimate of drug-likeness (QED) is 0.197. The van der Waals surface area contributed by atoms with E-state index < -0.39 is 4.92 Å². The molecule has 0 radical (unpaired) electrons. The SMILES string of the molecule is CCn1c(CSCc2ccc(Cl)cc2Cl)nnc1SCC(=O)Nc1cc([N+](=O)[O-])ccc1C. The fourth-order valence-corrected chi connectivity index (χ4v) is 5.26. The Bertz CT molecular complexity index is 1170. The van der Waals surface area contributed by atoms with Crippen molar-refractivity contribution in [2.45, 2.75) is 37.1 Å². The molecule has 1 heterocycles. The Morgan fingerprint density at radius 3 is 2.67 bits per heavy atom. The molecule has 1 amide bonds. The van der Waals surface area contributed by atoms with Crippen molar-refractivity contribution in [3.8, 4) is 0 Å². The third-order valence-electron chi connectivity index (χ3n) is 4.65. The molecule has 0 saturated carbocycles. The first-order valence-corrected chi connectivity index (χ1v) is 12.8. The Kier molecular flexibility index (Phi) is 9.02.